The molecule has 4 atom stereocenters. The molecule has 2 aliphatic rings. The number of ether oxygens (including phenoxy) is 3. The van der Waals surface area contributed by atoms with Crippen molar-refractivity contribution in [3.8, 4) is 10.6 Å². The molecule has 3 heterocycles. The molecule has 9 nitrogen and oxygen atoms in total. The van der Waals surface area contributed by atoms with E-state index in [9.17, 15) is 5.11 Å². The van der Waals surface area contributed by atoms with E-state index in [0.29, 0.717) is 24.9 Å². The first kappa shape index (κ1) is 23.4. The number of benzene rings is 1. The molecule has 1 aliphatic heterocycles. The van der Waals surface area contributed by atoms with Crippen LogP contribution in [0.1, 0.15) is 26.0 Å². The van der Waals surface area contributed by atoms with Crippen molar-refractivity contribution >= 4 is 33.3 Å². The molecule has 0 bridgehead atoms. The molecule has 182 valence electrons. The molecule has 5 rings (SSSR count). The molecule has 2 fully saturated rings. The Labute approximate surface area is 202 Å². The highest BCUT2D eigenvalue weighted by Crippen LogP contribution is 2.44. The van der Waals surface area contributed by atoms with Gasteiger partial charge in [0, 0.05) is 26.2 Å². The Hall–Kier alpha value is -2.37. The van der Waals surface area contributed by atoms with Gasteiger partial charge in [-0.2, -0.15) is 4.98 Å². The Balaban J connectivity index is 1.52. The minimum atomic E-state index is -0.687. The Morgan fingerprint density at radius 2 is 1.97 bits per heavy atom. The maximum absolute atomic E-state index is 9.97. The summed E-state index contributed by atoms with van der Waals surface area (Å²) in [6.45, 7) is 7.00. The predicted molar refractivity (Wildman–Crippen MR) is 132 cm³/mol. The lowest BCUT2D eigenvalue weighted by atomic mass is 10.1. The molecular weight excluding hydrogens is 454 g/mol. The molecule has 34 heavy (non-hydrogen) atoms. The molecule has 2 aromatic heterocycles. The summed E-state index contributed by atoms with van der Waals surface area (Å²) in [6.07, 6.45) is 0.373. The van der Waals surface area contributed by atoms with Crippen LogP contribution in [-0.2, 0) is 14.2 Å². The summed E-state index contributed by atoms with van der Waals surface area (Å²) in [5.74, 6) is 0.534. The molecule has 0 radical (unpaired) electrons. The number of anilines is 2. The summed E-state index contributed by atoms with van der Waals surface area (Å²) in [5, 5.41) is 17.7. The van der Waals surface area contributed by atoms with E-state index in [1.165, 1.54) is 0 Å². The van der Waals surface area contributed by atoms with E-state index < -0.39 is 5.79 Å². The maximum Gasteiger partial charge on any atom is 0.224 e. The zero-order chi connectivity index (χ0) is 23.9. The second-order valence-corrected chi connectivity index (χ2v) is 10.3. The Morgan fingerprint density at radius 1 is 1.18 bits per heavy atom. The first-order valence-corrected chi connectivity index (χ1v) is 12.4. The van der Waals surface area contributed by atoms with E-state index in [4.69, 9.17) is 29.2 Å². The number of nitrogens with zero attached hydrogens (tertiary/aromatic N) is 3. The van der Waals surface area contributed by atoms with Crippen LogP contribution in [-0.4, -0.2) is 71.0 Å². The minimum absolute atomic E-state index is 0.00240. The van der Waals surface area contributed by atoms with Crippen LogP contribution < -0.4 is 10.6 Å². The molecule has 3 aromatic rings. The SMILES string of the molecule is COCCNc1nc(C)c(-c2nc3ccccc3s2)c(N[C@@H]2C[C@H](CO)[C@H]3OC(C)(C)O[C@H]32)n1. The third kappa shape index (κ3) is 4.48. The molecule has 0 unspecified atom stereocenters. The van der Waals surface area contributed by atoms with Crippen LogP contribution in [0.3, 0.4) is 0 Å². The van der Waals surface area contributed by atoms with Crippen molar-refractivity contribution in [2.24, 2.45) is 5.92 Å². The minimum Gasteiger partial charge on any atom is -0.396 e. The number of aromatic nitrogens is 3. The fourth-order valence-corrected chi connectivity index (χ4v) is 5.90. The number of aryl methyl sites for hydroxylation is 1. The molecule has 10 heteroatoms. The zero-order valence-corrected chi connectivity index (χ0v) is 20.7. The summed E-state index contributed by atoms with van der Waals surface area (Å²) in [7, 11) is 1.66. The molecule has 1 saturated carbocycles. The van der Waals surface area contributed by atoms with E-state index >= 15 is 0 Å². The Bertz CT molecular complexity index is 1140. The number of nitrogens with one attached hydrogen (secondary N) is 2. The van der Waals surface area contributed by atoms with Gasteiger partial charge in [0.25, 0.3) is 0 Å². The highest BCUT2D eigenvalue weighted by atomic mass is 32.1. The summed E-state index contributed by atoms with van der Waals surface area (Å²) < 4.78 is 18.6. The second-order valence-electron chi connectivity index (χ2n) is 9.26. The van der Waals surface area contributed by atoms with Crippen molar-refractivity contribution in [3.05, 3.63) is 30.0 Å². The maximum atomic E-state index is 9.97. The summed E-state index contributed by atoms with van der Waals surface area (Å²) in [4.78, 5) is 14.4. The van der Waals surface area contributed by atoms with Crippen molar-refractivity contribution in [2.75, 3.05) is 37.5 Å². The number of aliphatic hydroxyl groups excluding tert-OH is 1. The van der Waals surface area contributed by atoms with Gasteiger partial charge in [-0.05, 0) is 39.3 Å². The Morgan fingerprint density at radius 3 is 2.74 bits per heavy atom. The number of methoxy groups -OCH3 is 1. The summed E-state index contributed by atoms with van der Waals surface area (Å²) in [5.41, 5.74) is 2.65. The molecule has 3 N–H and O–H groups in total. The van der Waals surface area contributed by atoms with E-state index in [2.05, 4.69) is 16.7 Å². The van der Waals surface area contributed by atoms with Crippen molar-refractivity contribution in [3.63, 3.8) is 0 Å². The normalized spacial score (nSPS) is 25.6. The van der Waals surface area contributed by atoms with E-state index in [-0.39, 0.29) is 30.8 Å². The van der Waals surface area contributed by atoms with Gasteiger partial charge in [0.05, 0.1) is 40.2 Å². The fourth-order valence-electron chi connectivity index (χ4n) is 4.84. The molecule has 0 amide bonds. The molecule has 1 aliphatic carbocycles. The number of thiazole rings is 1. The van der Waals surface area contributed by atoms with E-state index in [1.807, 2.05) is 39.0 Å². The van der Waals surface area contributed by atoms with Gasteiger partial charge in [-0.3, -0.25) is 0 Å². The molecular formula is C24H31N5O4S. The number of rotatable bonds is 8. The van der Waals surface area contributed by atoms with Gasteiger partial charge < -0.3 is 30.0 Å². The van der Waals surface area contributed by atoms with Gasteiger partial charge in [-0.15, -0.1) is 11.3 Å². The van der Waals surface area contributed by atoms with Crippen LogP contribution in [0.15, 0.2) is 24.3 Å². The van der Waals surface area contributed by atoms with Crippen molar-refractivity contribution in [2.45, 2.75) is 51.2 Å². The van der Waals surface area contributed by atoms with Gasteiger partial charge in [-0.25, -0.2) is 9.97 Å². The average molecular weight is 486 g/mol. The topological polar surface area (TPSA) is 111 Å². The monoisotopic (exact) mass is 485 g/mol. The van der Waals surface area contributed by atoms with Crippen molar-refractivity contribution < 1.29 is 19.3 Å². The largest absolute Gasteiger partial charge is 0.396 e. The fraction of sp³-hybridized carbons (Fsp3) is 0.542. The smallest absolute Gasteiger partial charge is 0.224 e. The lowest BCUT2D eigenvalue weighted by molar-refractivity contribution is -0.158. The standard InChI is InChI=1S/C24H31N5O4S/c1-13-18(22-28-15-7-5-6-8-17(15)34-22)21(29-23(26-13)25-9-10-31-4)27-16-11-14(12-30)19-20(16)33-24(2,3)32-19/h5-8,14,16,19-20,30H,9-12H2,1-4H3,(H2,25,26,27,29)/t14-,16-,19-,20+/m1/s1. The van der Waals surface area contributed by atoms with Crippen LogP contribution in [0.2, 0.25) is 0 Å². The molecule has 1 saturated heterocycles. The van der Waals surface area contributed by atoms with Gasteiger partial charge >= 0.3 is 0 Å². The van der Waals surface area contributed by atoms with Crippen LogP contribution in [0.5, 0.6) is 0 Å². The van der Waals surface area contributed by atoms with Crippen LogP contribution in [0, 0.1) is 12.8 Å². The zero-order valence-electron chi connectivity index (χ0n) is 19.9. The summed E-state index contributed by atoms with van der Waals surface area (Å²) in [6, 6.07) is 8.02. The number of hydrogen-bond acceptors (Lipinski definition) is 10. The highest BCUT2D eigenvalue weighted by Gasteiger charge is 2.54. The van der Waals surface area contributed by atoms with E-state index in [1.54, 1.807) is 18.4 Å². The Kier molecular flexibility index (Phi) is 6.43. The van der Waals surface area contributed by atoms with E-state index in [0.717, 1.165) is 32.9 Å². The average Bonchev–Trinajstić information content (AvgIpc) is 3.44. The first-order chi connectivity index (χ1) is 16.4. The van der Waals surface area contributed by atoms with Crippen molar-refractivity contribution in [1.29, 1.82) is 0 Å². The van der Waals surface area contributed by atoms with Crippen LogP contribution in [0.25, 0.3) is 20.8 Å². The van der Waals surface area contributed by atoms with Gasteiger partial charge in [0.2, 0.25) is 5.95 Å². The van der Waals surface area contributed by atoms with Crippen molar-refractivity contribution in [1.82, 2.24) is 15.0 Å². The number of aliphatic hydroxyl groups is 1. The first-order valence-electron chi connectivity index (χ1n) is 11.6. The number of fused-ring (bicyclic) bond motifs is 2. The molecule has 1 aromatic carbocycles. The summed E-state index contributed by atoms with van der Waals surface area (Å²) >= 11 is 1.62. The number of hydrogen-bond donors (Lipinski definition) is 3. The van der Waals surface area contributed by atoms with Crippen LogP contribution >= 0.6 is 11.3 Å². The predicted octanol–water partition coefficient (Wildman–Crippen LogP) is 3.43. The van der Waals surface area contributed by atoms with Gasteiger partial charge in [0.1, 0.15) is 16.9 Å². The molecule has 0 spiro atoms. The van der Waals surface area contributed by atoms with Crippen LogP contribution in [0.4, 0.5) is 11.8 Å². The lowest BCUT2D eigenvalue weighted by Gasteiger charge is -2.25. The second kappa shape index (κ2) is 9.35. The lowest BCUT2D eigenvalue weighted by Crippen LogP contribution is -2.35. The third-order valence-electron chi connectivity index (χ3n) is 6.33. The van der Waals surface area contributed by atoms with Gasteiger partial charge in [0.15, 0.2) is 5.79 Å². The quantitative estimate of drug-likeness (QED) is 0.413. The number of para-hydroxylation sites is 1. The van der Waals surface area contributed by atoms with Gasteiger partial charge in [-0.1, -0.05) is 12.1 Å². The third-order valence-corrected chi connectivity index (χ3v) is 7.38. The highest BCUT2D eigenvalue weighted by molar-refractivity contribution is 7.21.